The molecule has 5 rings (SSSR count). The maximum absolute atomic E-state index is 12.7. The van der Waals surface area contributed by atoms with Gasteiger partial charge in [-0.1, -0.05) is 36.4 Å². The van der Waals surface area contributed by atoms with Gasteiger partial charge in [0.25, 0.3) is 0 Å². The Morgan fingerprint density at radius 2 is 2.00 bits per heavy atom. The van der Waals surface area contributed by atoms with Crippen molar-refractivity contribution in [1.29, 1.82) is 5.26 Å². The molecule has 0 aliphatic heterocycles. The number of hydrogen-bond donors (Lipinski definition) is 1. The lowest BCUT2D eigenvalue weighted by molar-refractivity contribution is -0.116. The maximum atomic E-state index is 12.7. The average Bonchev–Trinajstić information content (AvgIpc) is 3.48. The van der Waals surface area contributed by atoms with E-state index in [4.69, 9.17) is 4.74 Å². The number of anilines is 1. The second-order valence-electron chi connectivity index (χ2n) is 7.63. The van der Waals surface area contributed by atoms with Crippen LogP contribution in [0.1, 0.15) is 28.0 Å². The van der Waals surface area contributed by atoms with Crippen LogP contribution in [0.2, 0.25) is 0 Å². The zero-order valence-electron chi connectivity index (χ0n) is 16.9. The lowest BCUT2D eigenvalue weighted by Gasteiger charge is -2.10. The molecule has 154 valence electrons. The van der Waals surface area contributed by atoms with Gasteiger partial charge < -0.3 is 14.6 Å². The number of nitrogens with one attached hydrogen (secondary N) is 1. The summed E-state index contributed by atoms with van der Waals surface area (Å²) in [6.07, 6.45) is 4.92. The molecule has 0 saturated heterocycles. The van der Waals surface area contributed by atoms with Crippen LogP contribution in [0.5, 0.6) is 5.75 Å². The van der Waals surface area contributed by atoms with Gasteiger partial charge in [0.1, 0.15) is 30.0 Å². The van der Waals surface area contributed by atoms with E-state index in [9.17, 15) is 10.1 Å². The summed E-state index contributed by atoms with van der Waals surface area (Å²) in [5.41, 5.74) is 3.80. The number of carbonyl (C=O) groups excluding carboxylic acids is 1. The number of fused-ring (bicyclic) bond motifs is 2. The van der Waals surface area contributed by atoms with Gasteiger partial charge in [-0.25, -0.2) is 0 Å². The Bertz CT molecular complexity index is 1300. The predicted molar refractivity (Wildman–Crippen MR) is 122 cm³/mol. The molecule has 0 saturated carbocycles. The van der Waals surface area contributed by atoms with Crippen LogP contribution in [0.4, 0.5) is 5.00 Å². The standard InChI is InChI=1S/C25H21N3O2S/c26-14-20-18-8-4-11-23(18)31-25(20)27-24(29)15-28-13-12-19-21(28)9-5-10-22(19)30-16-17-6-2-1-3-7-17/h1-3,5-7,9-10,12-13H,4,8,11,15-16H2,(H,27,29). The lowest BCUT2D eigenvalue weighted by Crippen LogP contribution is -2.18. The highest BCUT2D eigenvalue weighted by Gasteiger charge is 2.23. The van der Waals surface area contributed by atoms with Crippen LogP contribution >= 0.6 is 11.3 Å². The molecule has 0 unspecified atom stereocenters. The fourth-order valence-electron chi connectivity index (χ4n) is 4.13. The van der Waals surface area contributed by atoms with Crippen LogP contribution in [0, 0.1) is 11.3 Å². The number of benzene rings is 2. The van der Waals surface area contributed by atoms with Gasteiger partial charge in [-0.2, -0.15) is 5.26 Å². The molecule has 1 aliphatic rings. The van der Waals surface area contributed by atoms with E-state index in [1.54, 1.807) is 11.3 Å². The van der Waals surface area contributed by atoms with Crippen molar-refractivity contribution < 1.29 is 9.53 Å². The van der Waals surface area contributed by atoms with Crippen LogP contribution in [-0.2, 0) is 30.8 Å². The fraction of sp³-hybridized carbons (Fsp3) is 0.200. The second kappa shape index (κ2) is 8.29. The van der Waals surface area contributed by atoms with Crippen LogP contribution in [0.15, 0.2) is 60.8 Å². The van der Waals surface area contributed by atoms with Crippen molar-refractivity contribution in [3.8, 4) is 11.8 Å². The zero-order chi connectivity index (χ0) is 21.2. The van der Waals surface area contributed by atoms with Gasteiger partial charge in [-0.3, -0.25) is 4.79 Å². The molecule has 0 spiro atoms. The van der Waals surface area contributed by atoms with Gasteiger partial charge in [0.05, 0.1) is 11.1 Å². The number of ether oxygens (including phenoxy) is 1. The third-order valence-corrected chi connectivity index (χ3v) is 6.82. The summed E-state index contributed by atoms with van der Waals surface area (Å²) in [4.78, 5) is 14.0. The maximum Gasteiger partial charge on any atom is 0.244 e. The molecule has 2 aromatic carbocycles. The monoisotopic (exact) mass is 427 g/mol. The number of rotatable bonds is 6. The summed E-state index contributed by atoms with van der Waals surface area (Å²) in [7, 11) is 0. The molecule has 5 nitrogen and oxygen atoms in total. The number of carbonyl (C=O) groups is 1. The van der Waals surface area contributed by atoms with E-state index in [1.165, 1.54) is 4.88 Å². The van der Waals surface area contributed by atoms with E-state index < -0.39 is 0 Å². The van der Waals surface area contributed by atoms with E-state index in [2.05, 4.69) is 11.4 Å². The highest BCUT2D eigenvalue weighted by Crippen LogP contribution is 2.38. The van der Waals surface area contributed by atoms with E-state index in [0.717, 1.165) is 47.0 Å². The number of nitriles is 1. The minimum absolute atomic E-state index is 0.135. The Balaban J connectivity index is 1.32. The van der Waals surface area contributed by atoms with Gasteiger partial charge in [0, 0.05) is 16.5 Å². The van der Waals surface area contributed by atoms with Gasteiger partial charge in [0.15, 0.2) is 0 Å². The molecule has 6 heteroatoms. The number of aryl methyl sites for hydroxylation is 1. The number of nitrogens with zero attached hydrogens (tertiary/aromatic N) is 2. The summed E-state index contributed by atoms with van der Waals surface area (Å²) in [6.45, 7) is 0.671. The topological polar surface area (TPSA) is 67.0 Å². The summed E-state index contributed by atoms with van der Waals surface area (Å²) < 4.78 is 7.95. The van der Waals surface area contributed by atoms with Crippen molar-refractivity contribution in [1.82, 2.24) is 4.57 Å². The minimum atomic E-state index is -0.135. The molecular weight excluding hydrogens is 406 g/mol. The van der Waals surface area contributed by atoms with Crippen molar-refractivity contribution in [2.24, 2.45) is 0 Å². The van der Waals surface area contributed by atoms with Crippen molar-refractivity contribution in [2.75, 3.05) is 5.32 Å². The number of hydrogen-bond acceptors (Lipinski definition) is 4. The SMILES string of the molecule is N#Cc1c(NC(=O)Cn2ccc3c(OCc4ccccc4)cccc32)sc2c1CCC2. The highest BCUT2D eigenvalue weighted by atomic mass is 32.1. The molecule has 0 fully saturated rings. The first-order valence-corrected chi connectivity index (χ1v) is 11.1. The third kappa shape index (κ3) is 3.80. The molecule has 2 aromatic heterocycles. The molecule has 0 bridgehead atoms. The van der Waals surface area contributed by atoms with Crippen molar-refractivity contribution >= 4 is 33.1 Å². The third-order valence-electron chi connectivity index (χ3n) is 5.61. The smallest absolute Gasteiger partial charge is 0.244 e. The largest absolute Gasteiger partial charge is 0.488 e. The number of amides is 1. The predicted octanol–water partition coefficient (Wildman–Crippen LogP) is 5.28. The van der Waals surface area contributed by atoms with E-state index in [0.29, 0.717) is 17.2 Å². The molecule has 1 aliphatic carbocycles. The average molecular weight is 428 g/mol. The van der Waals surface area contributed by atoms with E-state index in [1.807, 2.05) is 65.4 Å². The Morgan fingerprint density at radius 1 is 1.13 bits per heavy atom. The number of thiophene rings is 1. The zero-order valence-corrected chi connectivity index (χ0v) is 17.7. The molecule has 4 aromatic rings. The van der Waals surface area contributed by atoms with E-state index >= 15 is 0 Å². The van der Waals surface area contributed by atoms with Gasteiger partial charge >= 0.3 is 0 Å². The molecule has 31 heavy (non-hydrogen) atoms. The normalized spacial score (nSPS) is 12.5. The highest BCUT2D eigenvalue weighted by molar-refractivity contribution is 7.16. The Kier molecular flexibility index (Phi) is 5.19. The molecule has 1 N–H and O–H groups in total. The Morgan fingerprint density at radius 3 is 2.84 bits per heavy atom. The minimum Gasteiger partial charge on any atom is -0.488 e. The molecule has 0 radical (unpaired) electrons. The first-order chi connectivity index (χ1) is 15.2. The first-order valence-electron chi connectivity index (χ1n) is 10.3. The van der Waals surface area contributed by atoms with Crippen molar-refractivity contribution in [3.05, 3.63) is 82.4 Å². The molecule has 0 atom stereocenters. The van der Waals surface area contributed by atoms with Crippen LogP contribution < -0.4 is 10.1 Å². The quantitative estimate of drug-likeness (QED) is 0.455. The van der Waals surface area contributed by atoms with Crippen molar-refractivity contribution in [3.63, 3.8) is 0 Å². The van der Waals surface area contributed by atoms with Crippen LogP contribution in [-0.4, -0.2) is 10.5 Å². The van der Waals surface area contributed by atoms with E-state index in [-0.39, 0.29) is 12.5 Å². The fourth-order valence-corrected chi connectivity index (χ4v) is 5.38. The van der Waals surface area contributed by atoms with Crippen LogP contribution in [0.25, 0.3) is 10.9 Å². The Hall–Kier alpha value is -3.56. The first kappa shape index (κ1) is 19.4. The summed E-state index contributed by atoms with van der Waals surface area (Å²) in [5, 5.41) is 14.1. The molecule has 1 amide bonds. The van der Waals surface area contributed by atoms with Gasteiger partial charge in [0.2, 0.25) is 5.91 Å². The summed E-state index contributed by atoms with van der Waals surface area (Å²) >= 11 is 1.54. The lowest BCUT2D eigenvalue weighted by atomic mass is 10.1. The summed E-state index contributed by atoms with van der Waals surface area (Å²) in [5.74, 6) is 0.659. The Labute approximate surface area is 184 Å². The van der Waals surface area contributed by atoms with Crippen LogP contribution in [0.3, 0.4) is 0 Å². The summed E-state index contributed by atoms with van der Waals surface area (Å²) in [6, 6.07) is 20.2. The van der Waals surface area contributed by atoms with Gasteiger partial charge in [-0.05, 0) is 48.6 Å². The number of aromatic nitrogens is 1. The molecular formula is C25H21N3O2S. The second-order valence-corrected chi connectivity index (χ2v) is 8.73. The molecule has 2 heterocycles. The van der Waals surface area contributed by atoms with Gasteiger partial charge in [-0.15, -0.1) is 11.3 Å². The van der Waals surface area contributed by atoms with Crippen molar-refractivity contribution in [2.45, 2.75) is 32.4 Å².